The molecule has 9 heteroatoms. The number of rotatable bonds is 5. The molecule has 1 N–H and O–H groups in total. The van der Waals surface area contributed by atoms with Crippen molar-refractivity contribution >= 4 is 15.5 Å². The van der Waals surface area contributed by atoms with Crippen LogP contribution in [0.25, 0.3) is 0 Å². The van der Waals surface area contributed by atoms with Gasteiger partial charge in [0.15, 0.2) is 0 Å². The Morgan fingerprint density at radius 3 is 2.33 bits per heavy atom. The average molecular weight is 366 g/mol. The Morgan fingerprint density at radius 2 is 1.75 bits per heavy atom. The van der Waals surface area contributed by atoms with Crippen LogP contribution in [0.4, 0.5) is 18.9 Å². The molecule has 1 fully saturated rings. The Hall–Kier alpha value is -1.32. The standard InChI is InChI=1S/C15H21F3N2O3S/c1-14(2,20-7-9-23-10-8-20)11-19-12-5-3-4-6-13(12)24(21,22)15(16,17)18/h3-6,19H,7-11H2,1-2H3. The van der Waals surface area contributed by atoms with Crippen molar-refractivity contribution in [2.75, 3.05) is 38.2 Å². The van der Waals surface area contributed by atoms with Crippen molar-refractivity contribution in [3.05, 3.63) is 24.3 Å². The van der Waals surface area contributed by atoms with Gasteiger partial charge in [0.2, 0.25) is 0 Å². The number of nitrogens with one attached hydrogen (secondary N) is 1. The zero-order valence-electron chi connectivity index (χ0n) is 13.6. The molecule has 0 saturated carbocycles. The maximum Gasteiger partial charge on any atom is 0.501 e. The number of para-hydroxylation sites is 1. The third-order valence-corrected chi connectivity index (χ3v) is 5.60. The lowest BCUT2D eigenvalue weighted by Gasteiger charge is -2.41. The Labute approximate surface area is 139 Å². The highest BCUT2D eigenvalue weighted by molar-refractivity contribution is 7.92. The molecule has 0 bridgehead atoms. The molecule has 1 aromatic rings. The number of morpholine rings is 1. The summed E-state index contributed by atoms with van der Waals surface area (Å²) >= 11 is 0. The summed E-state index contributed by atoms with van der Waals surface area (Å²) in [5, 5.41) is 2.87. The first kappa shape index (κ1) is 19.0. The quantitative estimate of drug-likeness (QED) is 0.868. The topological polar surface area (TPSA) is 58.6 Å². The molecule has 0 unspecified atom stereocenters. The molecule has 0 aromatic heterocycles. The molecule has 0 spiro atoms. The van der Waals surface area contributed by atoms with Crippen LogP contribution < -0.4 is 5.32 Å². The van der Waals surface area contributed by atoms with Crippen molar-refractivity contribution in [3.8, 4) is 0 Å². The number of benzene rings is 1. The summed E-state index contributed by atoms with van der Waals surface area (Å²) in [5.74, 6) is 0. The van der Waals surface area contributed by atoms with Gasteiger partial charge >= 0.3 is 5.51 Å². The number of halogens is 3. The highest BCUT2D eigenvalue weighted by Crippen LogP contribution is 2.34. The van der Waals surface area contributed by atoms with Crippen LogP contribution in [0.3, 0.4) is 0 Å². The highest BCUT2D eigenvalue weighted by atomic mass is 32.2. The lowest BCUT2D eigenvalue weighted by atomic mass is 10.0. The number of hydrogen-bond acceptors (Lipinski definition) is 5. The molecule has 1 heterocycles. The molecule has 136 valence electrons. The van der Waals surface area contributed by atoms with E-state index in [9.17, 15) is 21.6 Å². The number of ether oxygens (including phenoxy) is 1. The van der Waals surface area contributed by atoms with Crippen molar-refractivity contribution in [3.63, 3.8) is 0 Å². The van der Waals surface area contributed by atoms with E-state index in [1.807, 2.05) is 13.8 Å². The van der Waals surface area contributed by atoms with Gasteiger partial charge in [-0.3, -0.25) is 4.90 Å². The summed E-state index contributed by atoms with van der Waals surface area (Å²) < 4.78 is 67.2. The largest absolute Gasteiger partial charge is 0.501 e. The van der Waals surface area contributed by atoms with E-state index < -0.39 is 20.2 Å². The van der Waals surface area contributed by atoms with Crippen molar-refractivity contribution < 1.29 is 26.3 Å². The Balaban J connectivity index is 2.19. The minimum atomic E-state index is -5.40. The number of nitrogens with zero attached hydrogens (tertiary/aromatic N) is 1. The van der Waals surface area contributed by atoms with Crippen molar-refractivity contribution in [1.29, 1.82) is 0 Å². The van der Waals surface area contributed by atoms with Gasteiger partial charge in [0.1, 0.15) is 0 Å². The van der Waals surface area contributed by atoms with Gasteiger partial charge in [0, 0.05) is 25.2 Å². The van der Waals surface area contributed by atoms with Gasteiger partial charge in [-0.2, -0.15) is 13.2 Å². The predicted molar refractivity (Wildman–Crippen MR) is 84.6 cm³/mol. The summed E-state index contributed by atoms with van der Waals surface area (Å²) in [6.07, 6.45) is 0. The molecule has 1 aliphatic rings. The van der Waals surface area contributed by atoms with Crippen LogP contribution in [0, 0.1) is 0 Å². The summed E-state index contributed by atoms with van der Waals surface area (Å²) in [6, 6.07) is 5.08. The van der Waals surface area contributed by atoms with Gasteiger partial charge in [-0.25, -0.2) is 8.42 Å². The normalized spacial score (nSPS) is 17.7. The number of alkyl halides is 3. The van der Waals surface area contributed by atoms with Gasteiger partial charge in [0.25, 0.3) is 9.84 Å². The molecule has 0 atom stereocenters. The third-order valence-electron chi connectivity index (χ3n) is 4.06. The number of hydrogen-bond donors (Lipinski definition) is 1. The molecule has 0 radical (unpaired) electrons. The Morgan fingerprint density at radius 1 is 1.17 bits per heavy atom. The molecular formula is C15H21F3N2O3S. The average Bonchev–Trinajstić information content (AvgIpc) is 2.53. The summed E-state index contributed by atoms with van der Waals surface area (Å²) in [7, 11) is -5.40. The lowest BCUT2D eigenvalue weighted by Crippen LogP contribution is -2.53. The lowest BCUT2D eigenvalue weighted by molar-refractivity contribution is -0.0435. The van der Waals surface area contributed by atoms with E-state index in [1.54, 1.807) is 0 Å². The van der Waals surface area contributed by atoms with E-state index in [2.05, 4.69) is 10.2 Å². The molecule has 2 rings (SSSR count). The van der Waals surface area contributed by atoms with Crippen LogP contribution in [0.15, 0.2) is 29.2 Å². The van der Waals surface area contributed by atoms with Crippen molar-refractivity contribution in [2.45, 2.75) is 29.8 Å². The maximum atomic E-state index is 12.8. The van der Waals surface area contributed by atoms with E-state index >= 15 is 0 Å². The van der Waals surface area contributed by atoms with Gasteiger partial charge in [-0.15, -0.1) is 0 Å². The van der Waals surface area contributed by atoms with Gasteiger partial charge < -0.3 is 10.1 Å². The second kappa shape index (κ2) is 6.89. The maximum absolute atomic E-state index is 12.8. The van der Waals surface area contributed by atoms with Crippen LogP contribution in [-0.4, -0.2) is 57.2 Å². The van der Waals surface area contributed by atoms with Crippen LogP contribution in [0.5, 0.6) is 0 Å². The van der Waals surface area contributed by atoms with Crippen LogP contribution in [0.1, 0.15) is 13.8 Å². The SMILES string of the molecule is CC(C)(CNc1ccccc1S(=O)(=O)C(F)(F)F)N1CCOCC1. The predicted octanol–water partition coefficient (Wildman–Crippen LogP) is 2.50. The Kier molecular flexibility index (Phi) is 5.46. The van der Waals surface area contributed by atoms with Crippen molar-refractivity contribution in [1.82, 2.24) is 4.90 Å². The van der Waals surface area contributed by atoms with Crippen molar-refractivity contribution in [2.24, 2.45) is 0 Å². The van der Waals surface area contributed by atoms with Crippen LogP contribution in [0.2, 0.25) is 0 Å². The molecule has 5 nitrogen and oxygen atoms in total. The minimum absolute atomic E-state index is 0.0452. The first-order chi connectivity index (χ1) is 11.1. The van der Waals surface area contributed by atoms with Gasteiger partial charge in [0.05, 0.1) is 23.8 Å². The van der Waals surface area contributed by atoms with Crippen LogP contribution in [-0.2, 0) is 14.6 Å². The molecule has 24 heavy (non-hydrogen) atoms. The van der Waals surface area contributed by atoms with E-state index in [4.69, 9.17) is 4.74 Å². The number of anilines is 1. The first-order valence-corrected chi connectivity index (χ1v) is 9.01. The first-order valence-electron chi connectivity index (χ1n) is 7.53. The monoisotopic (exact) mass is 366 g/mol. The highest BCUT2D eigenvalue weighted by Gasteiger charge is 2.48. The third kappa shape index (κ3) is 4.01. The molecule has 1 aliphatic heterocycles. The van der Waals surface area contributed by atoms with E-state index in [0.717, 1.165) is 19.2 Å². The number of sulfone groups is 1. The summed E-state index contributed by atoms with van der Waals surface area (Å²) in [5.41, 5.74) is -5.74. The Bertz CT molecular complexity index is 669. The minimum Gasteiger partial charge on any atom is -0.382 e. The fourth-order valence-corrected chi connectivity index (χ4v) is 3.50. The zero-order chi connectivity index (χ0) is 18.0. The summed E-state index contributed by atoms with van der Waals surface area (Å²) in [6.45, 7) is 6.84. The molecule has 1 saturated heterocycles. The second-order valence-electron chi connectivity index (χ2n) is 6.21. The fourth-order valence-electron chi connectivity index (χ4n) is 2.56. The molecule has 0 amide bonds. The molecule has 1 aromatic carbocycles. The second-order valence-corrected chi connectivity index (χ2v) is 8.12. The smallest absolute Gasteiger partial charge is 0.382 e. The summed E-state index contributed by atoms with van der Waals surface area (Å²) in [4.78, 5) is 1.40. The van der Waals surface area contributed by atoms with Gasteiger partial charge in [-0.1, -0.05) is 12.1 Å². The van der Waals surface area contributed by atoms with E-state index in [0.29, 0.717) is 19.8 Å². The zero-order valence-corrected chi connectivity index (χ0v) is 14.4. The molecule has 0 aliphatic carbocycles. The van der Waals surface area contributed by atoms with Gasteiger partial charge in [-0.05, 0) is 26.0 Å². The fraction of sp³-hybridized carbons (Fsp3) is 0.600. The van der Waals surface area contributed by atoms with E-state index in [-0.39, 0.29) is 11.2 Å². The van der Waals surface area contributed by atoms with E-state index in [1.165, 1.54) is 18.2 Å². The molecular weight excluding hydrogens is 345 g/mol. The van der Waals surface area contributed by atoms with Crippen LogP contribution >= 0.6 is 0 Å².